The quantitative estimate of drug-likeness (QED) is 0.518. The Labute approximate surface area is 161 Å². The highest BCUT2D eigenvalue weighted by Gasteiger charge is 2.34. The van der Waals surface area contributed by atoms with Gasteiger partial charge in [0.2, 0.25) is 0 Å². The highest BCUT2D eigenvalue weighted by molar-refractivity contribution is 9.10. The third-order valence-corrected chi connectivity index (χ3v) is 6.01. The molecule has 3 aromatic rings. The first-order chi connectivity index (χ1) is 12.7. The first-order valence-corrected chi connectivity index (χ1v) is 9.82. The van der Waals surface area contributed by atoms with Crippen LogP contribution in [0.25, 0.3) is 16.3 Å². The predicted molar refractivity (Wildman–Crippen MR) is 110 cm³/mol. The molecule has 1 unspecified atom stereocenters. The van der Waals surface area contributed by atoms with E-state index < -0.39 is 0 Å². The van der Waals surface area contributed by atoms with Gasteiger partial charge < -0.3 is 5.32 Å². The molecule has 5 rings (SSSR count). The van der Waals surface area contributed by atoms with Crippen LogP contribution in [-0.2, 0) is 4.79 Å². The van der Waals surface area contributed by atoms with Crippen molar-refractivity contribution in [3.05, 3.63) is 81.8 Å². The second-order valence-electron chi connectivity index (χ2n) is 7.01. The maximum Gasteiger partial charge on any atom is 0.161 e. The Morgan fingerprint density at radius 2 is 1.73 bits per heavy atom. The summed E-state index contributed by atoms with van der Waals surface area (Å²) in [4.78, 5) is 12.9. The molecule has 0 radical (unpaired) electrons. The number of halogens is 1. The molecule has 1 aliphatic heterocycles. The summed E-state index contributed by atoms with van der Waals surface area (Å²) in [5.41, 5.74) is 5.68. The molecule has 0 spiro atoms. The van der Waals surface area contributed by atoms with Gasteiger partial charge in [-0.05, 0) is 52.9 Å². The number of allylic oxidation sites excluding steroid dienone is 1. The Hall–Kier alpha value is -2.39. The van der Waals surface area contributed by atoms with Crippen LogP contribution in [0.1, 0.15) is 36.4 Å². The topological polar surface area (TPSA) is 29.1 Å². The number of fused-ring (bicyclic) bond motifs is 4. The molecule has 0 saturated heterocycles. The van der Waals surface area contributed by atoms with E-state index in [0.29, 0.717) is 6.42 Å². The van der Waals surface area contributed by atoms with E-state index in [2.05, 4.69) is 69.8 Å². The lowest BCUT2D eigenvalue weighted by molar-refractivity contribution is -0.116. The lowest BCUT2D eigenvalue weighted by Gasteiger charge is -2.35. The van der Waals surface area contributed by atoms with Gasteiger partial charge in [-0.25, -0.2) is 0 Å². The van der Waals surface area contributed by atoms with Crippen molar-refractivity contribution in [2.45, 2.75) is 25.3 Å². The molecule has 1 atom stereocenters. The maximum absolute atomic E-state index is 12.9. The summed E-state index contributed by atoms with van der Waals surface area (Å²) >= 11 is 3.50. The number of hydrogen-bond acceptors (Lipinski definition) is 2. The van der Waals surface area contributed by atoms with Gasteiger partial charge in [0.15, 0.2) is 5.78 Å². The zero-order valence-electron chi connectivity index (χ0n) is 14.3. The van der Waals surface area contributed by atoms with Crippen LogP contribution in [-0.4, -0.2) is 5.78 Å². The molecule has 1 heterocycles. The van der Waals surface area contributed by atoms with Gasteiger partial charge in [0.05, 0.1) is 6.04 Å². The van der Waals surface area contributed by atoms with Gasteiger partial charge in [0.1, 0.15) is 0 Å². The molecule has 26 heavy (non-hydrogen) atoms. The molecule has 2 nitrogen and oxygen atoms in total. The number of hydrogen-bond donors (Lipinski definition) is 1. The number of carbonyl (C=O) groups is 1. The van der Waals surface area contributed by atoms with Crippen LogP contribution in [0.4, 0.5) is 5.69 Å². The van der Waals surface area contributed by atoms with Gasteiger partial charge >= 0.3 is 0 Å². The summed E-state index contributed by atoms with van der Waals surface area (Å²) in [6.45, 7) is 0. The smallest absolute Gasteiger partial charge is 0.161 e. The summed E-state index contributed by atoms with van der Waals surface area (Å²) in [7, 11) is 0. The van der Waals surface area contributed by atoms with Crippen molar-refractivity contribution in [2.75, 3.05) is 5.32 Å². The SMILES string of the molecule is O=C1CCCC2=C1C(c1ccc(Br)cc1)Nc1ccc3ccccc3c12. The highest BCUT2D eigenvalue weighted by atomic mass is 79.9. The third kappa shape index (κ3) is 2.42. The first kappa shape index (κ1) is 15.8. The molecule has 128 valence electrons. The Bertz CT molecular complexity index is 1070. The zero-order valence-corrected chi connectivity index (χ0v) is 15.8. The Morgan fingerprint density at radius 3 is 2.58 bits per heavy atom. The van der Waals surface area contributed by atoms with E-state index >= 15 is 0 Å². The Balaban J connectivity index is 1.78. The Morgan fingerprint density at radius 1 is 0.923 bits per heavy atom. The molecular formula is C23H18BrNO. The van der Waals surface area contributed by atoms with Crippen LogP contribution in [0.15, 0.2) is 70.7 Å². The van der Waals surface area contributed by atoms with Gasteiger partial charge in [0.25, 0.3) is 0 Å². The predicted octanol–water partition coefficient (Wildman–Crippen LogP) is 6.28. The first-order valence-electron chi connectivity index (χ1n) is 9.03. The van der Waals surface area contributed by atoms with Crippen LogP contribution in [0.5, 0.6) is 0 Å². The monoisotopic (exact) mass is 403 g/mol. The summed E-state index contributed by atoms with van der Waals surface area (Å²) in [6, 6.07) is 21.0. The van der Waals surface area contributed by atoms with E-state index in [1.165, 1.54) is 21.9 Å². The molecule has 2 aliphatic rings. The van der Waals surface area contributed by atoms with Crippen molar-refractivity contribution >= 4 is 43.7 Å². The standard InChI is InChI=1S/C23H18BrNO/c24-16-11-8-15(9-12-16)23-22-18(6-3-7-20(22)26)21-17-5-2-1-4-14(17)10-13-19(21)25-23/h1-2,4-5,8-13,23,25H,3,6-7H2. The van der Waals surface area contributed by atoms with Gasteiger partial charge in [0, 0.05) is 27.7 Å². The van der Waals surface area contributed by atoms with Crippen molar-refractivity contribution in [3.8, 4) is 0 Å². The fourth-order valence-electron chi connectivity index (χ4n) is 4.31. The average Bonchev–Trinajstić information content (AvgIpc) is 2.68. The molecule has 1 aliphatic carbocycles. The molecule has 0 bridgehead atoms. The van der Waals surface area contributed by atoms with Crippen molar-refractivity contribution in [1.82, 2.24) is 0 Å². The van der Waals surface area contributed by atoms with Crippen LogP contribution >= 0.6 is 15.9 Å². The molecule has 0 amide bonds. The van der Waals surface area contributed by atoms with Crippen LogP contribution in [0.3, 0.4) is 0 Å². The number of nitrogens with one attached hydrogen (secondary N) is 1. The van der Waals surface area contributed by atoms with E-state index in [9.17, 15) is 4.79 Å². The fourth-order valence-corrected chi connectivity index (χ4v) is 4.57. The second kappa shape index (κ2) is 6.10. The molecule has 3 aromatic carbocycles. The largest absolute Gasteiger partial charge is 0.373 e. The summed E-state index contributed by atoms with van der Waals surface area (Å²) in [5.74, 6) is 0.283. The van der Waals surface area contributed by atoms with Crippen LogP contribution in [0.2, 0.25) is 0 Å². The molecule has 3 heteroatoms. The lowest BCUT2D eigenvalue weighted by Crippen LogP contribution is -2.27. The summed E-state index contributed by atoms with van der Waals surface area (Å²) in [5, 5.41) is 6.11. The van der Waals surface area contributed by atoms with E-state index in [0.717, 1.165) is 34.1 Å². The Kier molecular flexibility index (Phi) is 3.71. The molecular weight excluding hydrogens is 386 g/mol. The van der Waals surface area contributed by atoms with Gasteiger partial charge in [-0.3, -0.25) is 4.79 Å². The second-order valence-corrected chi connectivity index (χ2v) is 7.92. The third-order valence-electron chi connectivity index (χ3n) is 5.48. The molecule has 1 N–H and O–H groups in total. The minimum atomic E-state index is -0.0698. The van der Waals surface area contributed by atoms with Crippen LogP contribution < -0.4 is 5.32 Å². The van der Waals surface area contributed by atoms with Crippen molar-refractivity contribution < 1.29 is 4.79 Å². The van der Waals surface area contributed by atoms with Gasteiger partial charge in [-0.15, -0.1) is 0 Å². The summed E-state index contributed by atoms with van der Waals surface area (Å²) < 4.78 is 1.05. The van der Waals surface area contributed by atoms with Crippen molar-refractivity contribution in [1.29, 1.82) is 0 Å². The number of ketones is 1. The zero-order chi connectivity index (χ0) is 17.7. The minimum Gasteiger partial charge on any atom is -0.373 e. The maximum atomic E-state index is 12.9. The lowest BCUT2D eigenvalue weighted by atomic mass is 9.77. The number of rotatable bonds is 1. The number of benzene rings is 3. The van der Waals surface area contributed by atoms with Crippen LogP contribution in [0, 0.1) is 0 Å². The van der Waals surface area contributed by atoms with Gasteiger partial charge in [-0.2, -0.15) is 0 Å². The molecule has 0 saturated carbocycles. The van der Waals surface area contributed by atoms with E-state index in [4.69, 9.17) is 0 Å². The molecule has 0 fully saturated rings. The fraction of sp³-hybridized carbons (Fsp3) is 0.174. The normalized spacial score (nSPS) is 19.1. The van der Waals surface area contributed by atoms with E-state index in [1.807, 2.05) is 12.1 Å². The van der Waals surface area contributed by atoms with E-state index in [-0.39, 0.29) is 11.8 Å². The molecule has 0 aromatic heterocycles. The average molecular weight is 404 g/mol. The van der Waals surface area contributed by atoms with Crippen molar-refractivity contribution in [2.24, 2.45) is 0 Å². The van der Waals surface area contributed by atoms with Gasteiger partial charge in [-0.1, -0.05) is 58.4 Å². The number of anilines is 1. The highest BCUT2D eigenvalue weighted by Crippen LogP contribution is 2.47. The summed E-state index contributed by atoms with van der Waals surface area (Å²) in [6.07, 6.45) is 2.55. The van der Waals surface area contributed by atoms with E-state index in [1.54, 1.807) is 0 Å². The number of carbonyl (C=O) groups excluding carboxylic acids is 1. The minimum absolute atomic E-state index is 0.0698. The number of Topliss-reactive ketones (excluding diaryl/α,β-unsaturated/α-hetero) is 1. The van der Waals surface area contributed by atoms with Crippen molar-refractivity contribution in [3.63, 3.8) is 0 Å².